The fourth-order valence-corrected chi connectivity index (χ4v) is 11.5. The van der Waals surface area contributed by atoms with Gasteiger partial charge in [-0.2, -0.15) is 0 Å². The molecular formula is C26H31Cl2PTi. The predicted molar refractivity (Wildman–Crippen MR) is 122 cm³/mol. The van der Waals surface area contributed by atoms with Crippen LogP contribution in [0.3, 0.4) is 0 Å². The minimum atomic E-state index is -0.194. The summed E-state index contributed by atoms with van der Waals surface area (Å²) < 4.78 is 1.38. The van der Waals surface area contributed by atoms with Crippen LogP contribution < -0.4 is 24.8 Å². The first-order chi connectivity index (χ1) is 13.5. The molecule has 0 aromatic heterocycles. The largest absolute Gasteiger partial charge is 1.00 e. The molecule has 0 amide bonds. The first kappa shape index (κ1) is 25.9. The molecule has 0 aliphatic heterocycles. The van der Waals surface area contributed by atoms with Crippen LogP contribution >= 0.6 is 7.92 Å². The molecule has 2 aliphatic rings. The molecule has 2 aromatic rings. The SMILES string of the molecule is CC(C)CP(CC(C)C)C1=Cc2ccccc2[CH]1[Ti+2][CH]1C=Cc2ccccc21.[Cl-].[Cl-]. The van der Waals surface area contributed by atoms with E-state index in [1.54, 1.807) is 11.1 Å². The van der Waals surface area contributed by atoms with Crippen LogP contribution in [0.1, 0.15) is 58.4 Å². The molecule has 2 aromatic carbocycles. The van der Waals surface area contributed by atoms with Crippen LogP contribution in [0.2, 0.25) is 0 Å². The zero-order valence-corrected chi connectivity index (χ0v) is 22.2. The smallest absolute Gasteiger partial charge is 1.00 e. The molecule has 4 heteroatoms. The van der Waals surface area contributed by atoms with Crippen molar-refractivity contribution < 1.29 is 44.0 Å². The number of halogens is 2. The van der Waals surface area contributed by atoms with E-state index in [1.165, 1.54) is 23.5 Å². The molecule has 2 aliphatic carbocycles. The van der Waals surface area contributed by atoms with E-state index in [0.717, 1.165) is 11.8 Å². The average molecular weight is 493 g/mol. The van der Waals surface area contributed by atoms with Crippen molar-refractivity contribution >= 4 is 20.1 Å². The van der Waals surface area contributed by atoms with Gasteiger partial charge in [-0.25, -0.2) is 0 Å². The first-order valence-electron chi connectivity index (χ1n) is 10.6. The zero-order chi connectivity index (χ0) is 19.7. The Hall–Kier alpha value is -0.356. The summed E-state index contributed by atoms with van der Waals surface area (Å²) in [5, 5.41) is 1.82. The third-order valence-corrected chi connectivity index (χ3v) is 12.3. The summed E-state index contributed by atoms with van der Waals surface area (Å²) in [6.07, 6.45) is 10.2. The Bertz CT molecular complexity index is 893. The van der Waals surface area contributed by atoms with Crippen LogP contribution in [0, 0.1) is 11.8 Å². The van der Waals surface area contributed by atoms with Crippen molar-refractivity contribution in [1.29, 1.82) is 0 Å². The van der Waals surface area contributed by atoms with Gasteiger partial charge in [0, 0.05) is 0 Å². The second-order valence-corrected chi connectivity index (χ2v) is 13.7. The fraction of sp³-hybridized carbons (Fsp3) is 0.385. The van der Waals surface area contributed by atoms with Crippen molar-refractivity contribution in [3.63, 3.8) is 0 Å². The van der Waals surface area contributed by atoms with Gasteiger partial charge in [0.05, 0.1) is 0 Å². The van der Waals surface area contributed by atoms with E-state index in [4.69, 9.17) is 0 Å². The van der Waals surface area contributed by atoms with E-state index in [-0.39, 0.29) is 51.9 Å². The summed E-state index contributed by atoms with van der Waals surface area (Å²) in [5.74, 6) is 1.56. The van der Waals surface area contributed by atoms with Gasteiger partial charge in [-0.1, -0.05) is 0 Å². The third-order valence-electron chi connectivity index (χ3n) is 5.59. The Balaban J connectivity index is 0.00000160. The second kappa shape index (κ2) is 11.5. The molecule has 0 N–H and O–H groups in total. The van der Waals surface area contributed by atoms with Gasteiger partial charge in [-0.05, 0) is 0 Å². The van der Waals surface area contributed by atoms with E-state index in [2.05, 4.69) is 94.5 Å². The number of hydrogen-bond acceptors (Lipinski definition) is 0. The Kier molecular flexibility index (Phi) is 9.92. The zero-order valence-electron chi connectivity index (χ0n) is 18.3. The Morgan fingerprint density at radius 3 is 2.00 bits per heavy atom. The molecule has 0 bridgehead atoms. The summed E-state index contributed by atoms with van der Waals surface area (Å²) in [4.78, 5) is 0. The van der Waals surface area contributed by atoms with Crippen molar-refractivity contribution in [3.8, 4) is 0 Å². The number of hydrogen-bond donors (Lipinski definition) is 0. The van der Waals surface area contributed by atoms with E-state index >= 15 is 0 Å². The maximum atomic E-state index is 2.60. The van der Waals surface area contributed by atoms with Crippen molar-refractivity contribution in [1.82, 2.24) is 0 Å². The summed E-state index contributed by atoms with van der Waals surface area (Å²) in [5.41, 5.74) is 6.14. The van der Waals surface area contributed by atoms with E-state index < -0.39 is 0 Å². The van der Waals surface area contributed by atoms with Gasteiger partial charge < -0.3 is 24.8 Å². The van der Waals surface area contributed by atoms with Crippen LogP contribution in [0.4, 0.5) is 0 Å². The minimum Gasteiger partial charge on any atom is -1.00 e. The molecule has 0 saturated carbocycles. The predicted octanol–water partition coefficient (Wildman–Crippen LogP) is 1.73. The monoisotopic (exact) mass is 492 g/mol. The molecule has 0 nitrogen and oxygen atoms in total. The number of rotatable bonds is 7. The summed E-state index contributed by atoms with van der Waals surface area (Å²) in [6.45, 7) is 9.61. The fourth-order valence-electron chi connectivity index (χ4n) is 4.50. The average Bonchev–Trinajstić information content (AvgIpc) is 3.23. The standard InChI is InChI=1S/C17H24P.C9H7.2ClH.Ti/c1-13(2)11-18(12-14(3)4)17-9-15-7-5-6-8-16(15)10-17;1-2-5-9-7-3-6-8(9)4-1;;;/h5-10,13-14H,11-12H2,1-4H3;1-7H;2*1H;/q;;;;+2/p-2. The summed E-state index contributed by atoms with van der Waals surface area (Å²) >= 11 is -0.194. The molecule has 4 rings (SSSR count). The second-order valence-electron chi connectivity index (χ2n) is 8.96. The Labute approximate surface area is 205 Å². The van der Waals surface area contributed by atoms with Gasteiger partial charge in [-0.3, -0.25) is 0 Å². The molecular weight excluding hydrogens is 462 g/mol. The molecule has 0 fully saturated rings. The minimum absolute atomic E-state index is 0. The van der Waals surface area contributed by atoms with Crippen molar-refractivity contribution in [2.24, 2.45) is 11.8 Å². The van der Waals surface area contributed by atoms with E-state index in [9.17, 15) is 0 Å². The van der Waals surface area contributed by atoms with Gasteiger partial charge in [0.2, 0.25) is 0 Å². The van der Waals surface area contributed by atoms with Gasteiger partial charge in [0.25, 0.3) is 0 Å². The molecule has 2 unspecified atom stereocenters. The van der Waals surface area contributed by atoms with E-state index in [0.29, 0.717) is 8.45 Å². The normalized spacial score (nSPS) is 18.6. The van der Waals surface area contributed by atoms with Crippen LogP contribution in [-0.2, 0) is 19.2 Å². The van der Waals surface area contributed by atoms with Crippen molar-refractivity contribution in [2.45, 2.75) is 36.1 Å². The topological polar surface area (TPSA) is 0 Å². The molecule has 158 valence electrons. The number of benzene rings is 2. The van der Waals surface area contributed by atoms with Crippen LogP contribution in [0.15, 0.2) is 59.9 Å². The molecule has 0 radical (unpaired) electrons. The van der Waals surface area contributed by atoms with Crippen LogP contribution in [-0.4, -0.2) is 12.3 Å². The molecule has 0 spiro atoms. The van der Waals surface area contributed by atoms with Crippen LogP contribution in [0.5, 0.6) is 0 Å². The van der Waals surface area contributed by atoms with Gasteiger partial charge >= 0.3 is 182 Å². The maximum absolute atomic E-state index is 2.60. The molecule has 0 saturated heterocycles. The summed E-state index contributed by atoms with van der Waals surface area (Å²) in [6, 6.07) is 18.3. The first-order valence-corrected chi connectivity index (χ1v) is 14.1. The maximum Gasteiger partial charge on any atom is -1.00 e. The van der Waals surface area contributed by atoms with Crippen LogP contribution in [0.25, 0.3) is 12.2 Å². The molecule has 0 heterocycles. The number of allylic oxidation sites excluding steroid dienone is 2. The summed E-state index contributed by atoms with van der Waals surface area (Å²) in [7, 11) is -0.0456. The van der Waals surface area contributed by atoms with Gasteiger partial charge in [0.1, 0.15) is 0 Å². The third kappa shape index (κ3) is 5.71. The Morgan fingerprint density at radius 2 is 1.37 bits per heavy atom. The van der Waals surface area contributed by atoms with E-state index in [1.807, 2.05) is 5.31 Å². The van der Waals surface area contributed by atoms with Gasteiger partial charge in [-0.15, -0.1) is 0 Å². The quantitative estimate of drug-likeness (QED) is 0.408. The van der Waals surface area contributed by atoms with Crippen molar-refractivity contribution in [3.05, 3.63) is 82.2 Å². The Morgan fingerprint density at radius 1 is 0.800 bits per heavy atom. The molecule has 30 heavy (non-hydrogen) atoms. The van der Waals surface area contributed by atoms with Crippen molar-refractivity contribution in [2.75, 3.05) is 12.3 Å². The molecule has 2 atom stereocenters. The van der Waals surface area contributed by atoms with Gasteiger partial charge in [0.15, 0.2) is 0 Å². The number of fused-ring (bicyclic) bond motifs is 2.